The summed E-state index contributed by atoms with van der Waals surface area (Å²) in [5.74, 6) is 1.17. The first-order valence-electron chi connectivity index (χ1n) is 6.28. The van der Waals surface area contributed by atoms with Crippen LogP contribution in [-0.2, 0) is 0 Å². The molecule has 1 aromatic carbocycles. The number of aliphatic hydroxyl groups is 1. The first-order chi connectivity index (χ1) is 8.16. The van der Waals surface area contributed by atoms with Crippen molar-refractivity contribution in [2.45, 2.75) is 31.4 Å². The van der Waals surface area contributed by atoms with Crippen LogP contribution in [0.5, 0.6) is 5.75 Å². The fraction of sp³-hybridized carbons (Fsp3) is 0.571. The third kappa shape index (κ3) is 2.11. The van der Waals surface area contributed by atoms with E-state index in [1.54, 1.807) is 0 Å². The summed E-state index contributed by atoms with van der Waals surface area (Å²) in [7, 11) is 2.12. The number of piperidine rings is 1. The Morgan fingerprint density at radius 3 is 2.94 bits per heavy atom. The quantitative estimate of drug-likeness (QED) is 0.782. The van der Waals surface area contributed by atoms with Crippen molar-refractivity contribution in [3.8, 4) is 5.75 Å². The van der Waals surface area contributed by atoms with Crippen LogP contribution in [0.3, 0.4) is 0 Å². The standard InChI is InChI=1S/C14H19NO2.ClH/c1-9-3-4-10-13(7-9)17-8-11-14(10)12(16)5-6-15(11)2;/h3-4,7,11-12,14,16H,5-6,8H2,1-2H3;1H/t11-,12?,14-;/m0./s1. The normalized spacial score (nSPS) is 30.7. The minimum atomic E-state index is -0.235. The lowest BCUT2D eigenvalue weighted by atomic mass is 9.80. The Balaban J connectivity index is 0.00000120. The number of fused-ring (bicyclic) bond motifs is 3. The molecule has 0 spiro atoms. The van der Waals surface area contributed by atoms with E-state index in [0.29, 0.717) is 12.6 Å². The van der Waals surface area contributed by atoms with E-state index in [0.717, 1.165) is 18.7 Å². The molecule has 2 aliphatic rings. The molecule has 3 nitrogen and oxygen atoms in total. The molecule has 100 valence electrons. The SMILES string of the molecule is Cc1ccc2c(c1)OC[C@H]1[C@H]2C(O)CCN1C.Cl. The van der Waals surface area contributed by atoms with Gasteiger partial charge in [-0.05, 0) is 32.0 Å². The molecule has 4 heteroatoms. The summed E-state index contributed by atoms with van der Waals surface area (Å²) in [5.41, 5.74) is 2.38. The van der Waals surface area contributed by atoms with Gasteiger partial charge in [-0.3, -0.25) is 4.90 Å². The van der Waals surface area contributed by atoms with Crippen LogP contribution in [0.15, 0.2) is 18.2 Å². The van der Waals surface area contributed by atoms with E-state index in [2.05, 4.69) is 37.1 Å². The van der Waals surface area contributed by atoms with Crippen LogP contribution in [-0.4, -0.2) is 42.4 Å². The fourth-order valence-electron chi connectivity index (χ4n) is 3.07. The molecule has 3 atom stereocenters. The molecule has 18 heavy (non-hydrogen) atoms. The van der Waals surface area contributed by atoms with Gasteiger partial charge in [0.15, 0.2) is 0 Å². The summed E-state index contributed by atoms with van der Waals surface area (Å²) >= 11 is 0. The Morgan fingerprint density at radius 2 is 2.17 bits per heavy atom. The molecular weight excluding hydrogens is 250 g/mol. The smallest absolute Gasteiger partial charge is 0.123 e. The average Bonchev–Trinajstić information content (AvgIpc) is 2.32. The largest absolute Gasteiger partial charge is 0.492 e. The first kappa shape index (κ1) is 13.7. The molecule has 1 saturated heterocycles. The second kappa shape index (κ2) is 5.08. The van der Waals surface area contributed by atoms with Crippen LogP contribution in [0, 0.1) is 6.92 Å². The van der Waals surface area contributed by atoms with Gasteiger partial charge in [0.1, 0.15) is 12.4 Å². The number of likely N-dealkylation sites (tertiary alicyclic amines) is 1. The molecule has 1 unspecified atom stereocenters. The van der Waals surface area contributed by atoms with E-state index in [-0.39, 0.29) is 24.4 Å². The first-order valence-corrected chi connectivity index (χ1v) is 6.28. The maximum atomic E-state index is 10.3. The van der Waals surface area contributed by atoms with Gasteiger partial charge in [-0.25, -0.2) is 0 Å². The minimum Gasteiger partial charge on any atom is -0.492 e. The molecule has 0 aromatic heterocycles. The number of likely N-dealkylation sites (N-methyl/N-ethyl adjacent to an activating group) is 1. The molecule has 0 bridgehead atoms. The number of ether oxygens (including phenoxy) is 1. The molecule has 1 fully saturated rings. The number of halogens is 1. The molecule has 2 aliphatic heterocycles. The molecule has 2 heterocycles. The van der Waals surface area contributed by atoms with Crippen molar-refractivity contribution < 1.29 is 9.84 Å². The maximum absolute atomic E-state index is 10.3. The van der Waals surface area contributed by atoms with E-state index in [1.807, 2.05) is 0 Å². The second-order valence-corrected chi connectivity index (χ2v) is 5.28. The highest BCUT2D eigenvalue weighted by Gasteiger charge is 2.41. The topological polar surface area (TPSA) is 32.7 Å². The van der Waals surface area contributed by atoms with Gasteiger partial charge in [-0.15, -0.1) is 12.4 Å². The lowest BCUT2D eigenvalue weighted by Gasteiger charge is -2.45. The number of benzene rings is 1. The fourth-order valence-corrected chi connectivity index (χ4v) is 3.07. The third-order valence-electron chi connectivity index (χ3n) is 4.11. The van der Waals surface area contributed by atoms with Crippen molar-refractivity contribution in [2.24, 2.45) is 0 Å². The van der Waals surface area contributed by atoms with Crippen molar-refractivity contribution in [2.75, 3.05) is 20.2 Å². The van der Waals surface area contributed by atoms with Gasteiger partial charge in [0.05, 0.1) is 12.1 Å². The van der Waals surface area contributed by atoms with Crippen LogP contribution in [0.1, 0.15) is 23.5 Å². The van der Waals surface area contributed by atoms with E-state index in [4.69, 9.17) is 4.74 Å². The van der Waals surface area contributed by atoms with E-state index < -0.39 is 0 Å². The van der Waals surface area contributed by atoms with Crippen LogP contribution in [0.25, 0.3) is 0 Å². The predicted octanol–water partition coefficient (Wildman–Crippen LogP) is 1.96. The molecule has 0 aliphatic carbocycles. The number of hydrogen-bond acceptors (Lipinski definition) is 3. The van der Waals surface area contributed by atoms with Gasteiger partial charge >= 0.3 is 0 Å². The molecule has 0 saturated carbocycles. The summed E-state index contributed by atoms with van der Waals surface area (Å²) in [5, 5.41) is 10.3. The number of aryl methyl sites for hydroxylation is 1. The Labute approximate surface area is 114 Å². The van der Waals surface area contributed by atoms with Gasteiger partial charge in [0.2, 0.25) is 0 Å². The minimum absolute atomic E-state index is 0. The van der Waals surface area contributed by atoms with Gasteiger partial charge in [0.25, 0.3) is 0 Å². The van der Waals surface area contributed by atoms with E-state index in [1.165, 1.54) is 11.1 Å². The predicted molar refractivity (Wildman–Crippen MR) is 73.7 cm³/mol. The monoisotopic (exact) mass is 269 g/mol. The van der Waals surface area contributed by atoms with Crippen molar-refractivity contribution in [1.82, 2.24) is 4.90 Å². The Hall–Kier alpha value is -0.770. The highest BCUT2D eigenvalue weighted by atomic mass is 35.5. The third-order valence-corrected chi connectivity index (χ3v) is 4.11. The zero-order valence-electron chi connectivity index (χ0n) is 10.8. The van der Waals surface area contributed by atoms with Crippen molar-refractivity contribution in [1.29, 1.82) is 0 Å². The summed E-state index contributed by atoms with van der Waals surface area (Å²) in [6, 6.07) is 6.61. The van der Waals surface area contributed by atoms with Crippen molar-refractivity contribution in [3.63, 3.8) is 0 Å². The maximum Gasteiger partial charge on any atom is 0.123 e. The average molecular weight is 270 g/mol. The number of aliphatic hydroxyl groups excluding tert-OH is 1. The van der Waals surface area contributed by atoms with Gasteiger partial charge in [-0.2, -0.15) is 0 Å². The number of nitrogens with zero attached hydrogens (tertiary/aromatic N) is 1. The number of hydrogen-bond donors (Lipinski definition) is 1. The van der Waals surface area contributed by atoms with Crippen LogP contribution in [0.2, 0.25) is 0 Å². The van der Waals surface area contributed by atoms with Gasteiger partial charge < -0.3 is 9.84 Å². The summed E-state index contributed by atoms with van der Waals surface area (Å²) < 4.78 is 5.84. The van der Waals surface area contributed by atoms with E-state index in [9.17, 15) is 5.11 Å². The Bertz CT molecular complexity index is 438. The van der Waals surface area contributed by atoms with Crippen molar-refractivity contribution >= 4 is 12.4 Å². The summed E-state index contributed by atoms with van der Waals surface area (Å²) in [6.07, 6.45) is 0.617. The zero-order valence-corrected chi connectivity index (χ0v) is 11.6. The van der Waals surface area contributed by atoms with Crippen LogP contribution < -0.4 is 4.74 Å². The molecular formula is C14H20ClNO2. The second-order valence-electron chi connectivity index (χ2n) is 5.28. The molecule has 3 rings (SSSR count). The summed E-state index contributed by atoms with van der Waals surface area (Å²) in [4.78, 5) is 2.31. The number of rotatable bonds is 0. The molecule has 1 N–H and O–H groups in total. The lowest BCUT2D eigenvalue weighted by Crippen LogP contribution is -2.52. The Kier molecular flexibility index (Phi) is 3.85. The van der Waals surface area contributed by atoms with Crippen LogP contribution in [0.4, 0.5) is 0 Å². The van der Waals surface area contributed by atoms with Crippen LogP contribution >= 0.6 is 12.4 Å². The highest BCUT2D eigenvalue weighted by molar-refractivity contribution is 5.85. The lowest BCUT2D eigenvalue weighted by molar-refractivity contribution is 0.000459. The van der Waals surface area contributed by atoms with Crippen molar-refractivity contribution in [3.05, 3.63) is 29.3 Å². The van der Waals surface area contributed by atoms with E-state index >= 15 is 0 Å². The molecule has 1 aromatic rings. The Morgan fingerprint density at radius 1 is 1.39 bits per heavy atom. The zero-order chi connectivity index (χ0) is 12.0. The van der Waals surface area contributed by atoms with Gasteiger partial charge in [-0.1, -0.05) is 12.1 Å². The highest BCUT2D eigenvalue weighted by Crippen LogP contribution is 2.41. The molecule has 0 amide bonds. The molecule has 0 radical (unpaired) electrons. The summed E-state index contributed by atoms with van der Waals surface area (Å²) in [6.45, 7) is 3.71. The van der Waals surface area contributed by atoms with Gasteiger partial charge in [0, 0.05) is 18.0 Å².